The van der Waals surface area contributed by atoms with Crippen LogP contribution < -0.4 is 14.4 Å². The van der Waals surface area contributed by atoms with Crippen LogP contribution in [0.5, 0.6) is 11.5 Å². The number of likely N-dealkylation sites (tertiary alicyclic amines) is 1. The normalized spacial score (nSPS) is 19.3. The first-order valence-corrected chi connectivity index (χ1v) is 10.3. The van der Waals surface area contributed by atoms with Crippen molar-refractivity contribution in [3.63, 3.8) is 0 Å². The number of nitrogens with zero attached hydrogens (tertiary/aromatic N) is 2. The predicted molar refractivity (Wildman–Crippen MR) is 117 cm³/mol. The molecular formula is C24H26N2O5. The molecule has 7 heteroatoms. The standard InChI is InChI=1S/C24H26N2O5/c1-30-18-11-9-17(10-12-18)21-22(25-13-5-6-16(14-25)15-27)24(29)26(23(21)28)19-7-3-4-8-20(19)31-2/h3-4,7-12,16,27H,5-6,13-15H2,1-2H3. The number of carbonyl (C=O) groups excluding carboxylic acids is 2. The van der Waals surface area contributed by atoms with Crippen molar-refractivity contribution in [2.45, 2.75) is 12.8 Å². The van der Waals surface area contributed by atoms with E-state index in [2.05, 4.69) is 0 Å². The van der Waals surface area contributed by atoms with E-state index in [1.807, 2.05) is 4.90 Å². The summed E-state index contributed by atoms with van der Waals surface area (Å²) in [6, 6.07) is 14.1. The highest BCUT2D eigenvalue weighted by atomic mass is 16.5. The Kier molecular flexibility index (Phi) is 5.95. The van der Waals surface area contributed by atoms with E-state index in [9.17, 15) is 14.7 Å². The van der Waals surface area contributed by atoms with Crippen LogP contribution in [0, 0.1) is 5.92 Å². The Morgan fingerprint density at radius 2 is 1.74 bits per heavy atom. The van der Waals surface area contributed by atoms with Gasteiger partial charge in [-0.05, 0) is 48.6 Å². The van der Waals surface area contributed by atoms with E-state index in [-0.39, 0.29) is 24.3 Å². The van der Waals surface area contributed by atoms with E-state index in [1.54, 1.807) is 55.6 Å². The van der Waals surface area contributed by atoms with Gasteiger partial charge in [0.05, 0.1) is 25.5 Å². The quantitative estimate of drug-likeness (QED) is 0.721. The second-order valence-corrected chi connectivity index (χ2v) is 7.71. The Labute approximate surface area is 181 Å². The fourth-order valence-electron chi connectivity index (χ4n) is 4.28. The molecule has 0 saturated carbocycles. The lowest BCUT2D eigenvalue weighted by Crippen LogP contribution is -2.40. The second kappa shape index (κ2) is 8.81. The number of benzene rings is 2. The average Bonchev–Trinajstić information content (AvgIpc) is 3.08. The summed E-state index contributed by atoms with van der Waals surface area (Å²) in [5.74, 6) is 0.426. The Hall–Kier alpha value is -3.32. The zero-order chi connectivity index (χ0) is 22.0. The highest BCUT2D eigenvalue weighted by Gasteiger charge is 2.44. The third-order valence-electron chi connectivity index (χ3n) is 5.86. The Morgan fingerprint density at radius 1 is 1.00 bits per heavy atom. The molecule has 2 aromatic carbocycles. The van der Waals surface area contributed by atoms with Gasteiger partial charge in [-0.15, -0.1) is 0 Å². The Balaban J connectivity index is 1.82. The van der Waals surface area contributed by atoms with Crippen LogP contribution in [0.15, 0.2) is 54.2 Å². The molecule has 2 aromatic rings. The molecule has 1 atom stereocenters. The maximum atomic E-state index is 13.6. The number of amides is 2. The minimum Gasteiger partial charge on any atom is -0.497 e. The Morgan fingerprint density at radius 3 is 2.42 bits per heavy atom. The zero-order valence-corrected chi connectivity index (χ0v) is 17.7. The van der Waals surface area contributed by atoms with Gasteiger partial charge in [-0.25, -0.2) is 4.90 Å². The minimum atomic E-state index is -0.388. The lowest BCUT2D eigenvalue weighted by Gasteiger charge is -2.34. The number of ether oxygens (including phenoxy) is 2. The fourth-order valence-corrected chi connectivity index (χ4v) is 4.28. The first-order valence-electron chi connectivity index (χ1n) is 10.3. The summed E-state index contributed by atoms with van der Waals surface area (Å²) in [4.78, 5) is 30.4. The average molecular weight is 422 g/mol. The first kappa shape index (κ1) is 20.9. The molecule has 7 nitrogen and oxygen atoms in total. The summed E-state index contributed by atoms with van der Waals surface area (Å²) in [6.45, 7) is 1.24. The van der Waals surface area contributed by atoms with Gasteiger partial charge in [0.1, 0.15) is 17.2 Å². The molecule has 1 unspecified atom stereocenters. The van der Waals surface area contributed by atoms with Gasteiger partial charge in [0.25, 0.3) is 11.8 Å². The highest BCUT2D eigenvalue weighted by Crippen LogP contribution is 2.39. The van der Waals surface area contributed by atoms with Crippen LogP contribution in [0.25, 0.3) is 5.57 Å². The third-order valence-corrected chi connectivity index (χ3v) is 5.86. The van der Waals surface area contributed by atoms with Crippen molar-refractivity contribution in [3.05, 3.63) is 59.8 Å². The lowest BCUT2D eigenvalue weighted by molar-refractivity contribution is -0.120. The maximum Gasteiger partial charge on any atom is 0.282 e. The predicted octanol–water partition coefficient (Wildman–Crippen LogP) is 2.69. The summed E-state index contributed by atoms with van der Waals surface area (Å²) >= 11 is 0. The molecule has 1 fully saturated rings. The molecule has 0 bridgehead atoms. The fraction of sp³-hybridized carbons (Fsp3) is 0.333. The van der Waals surface area contributed by atoms with Crippen LogP contribution in [0.4, 0.5) is 5.69 Å². The minimum absolute atomic E-state index is 0.0556. The van der Waals surface area contributed by atoms with Crippen molar-refractivity contribution in [3.8, 4) is 11.5 Å². The largest absolute Gasteiger partial charge is 0.497 e. The molecule has 1 N–H and O–H groups in total. The van der Waals surface area contributed by atoms with Crippen LogP contribution in [-0.2, 0) is 9.59 Å². The van der Waals surface area contributed by atoms with Crippen molar-refractivity contribution < 1.29 is 24.2 Å². The molecule has 2 heterocycles. The number of anilines is 1. The molecule has 0 aromatic heterocycles. The molecule has 0 spiro atoms. The summed E-state index contributed by atoms with van der Waals surface area (Å²) in [5, 5.41) is 9.67. The molecular weight excluding hydrogens is 396 g/mol. The number of para-hydroxylation sites is 2. The maximum absolute atomic E-state index is 13.6. The van der Waals surface area contributed by atoms with Crippen molar-refractivity contribution in [1.82, 2.24) is 4.90 Å². The van der Waals surface area contributed by atoms with E-state index in [4.69, 9.17) is 9.47 Å². The topological polar surface area (TPSA) is 79.3 Å². The molecule has 1 saturated heterocycles. The van der Waals surface area contributed by atoms with Gasteiger partial charge in [0, 0.05) is 19.7 Å². The van der Waals surface area contributed by atoms with Crippen LogP contribution in [0.1, 0.15) is 18.4 Å². The molecule has 2 amide bonds. The Bertz CT molecular complexity index is 1010. The summed E-state index contributed by atoms with van der Waals surface area (Å²) in [5.41, 5.74) is 1.80. The number of rotatable bonds is 6. The van der Waals surface area contributed by atoms with E-state index < -0.39 is 0 Å². The van der Waals surface area contributed by atoms with Crippen LogP contribution in [0.2, 0.25) is 0 Å². The molecule has 2 aliphatic rings. The third kappa shape index (κ3) is 3.77. The van der Waals surface area contributed by atoms with Crippen LogP contribution >= 0.6 is 0 Å². The van der Waals surface area contributed by atoms with Gasteiger partial charge in [0.15, 0.2) is 0 Å². The number of methoxy groups -OCH3 is 2. The molecule has 0 aliphatic carbocycles. The van der Waals surface area contributed by atoms with Gasteiger partial charge in [0.2, 0.25) is 0 Å². The molecule has 162 valence electrons. The number of aliphatic hydroxyl groups is 1. The zero-order valence-electron chi connectivity index (χ0n) is 17.7. The number of piperidine rings is 1. The second-order valence-electron chi connectivity index (χ2n) is 7.71. The lowest BCUT2D eigenvalue weighted by atomic mass is 9.97. The molecule has 0 radical (unpaired) electrons. The van der Waals surface area contributed by atoms with E-state index in [1.165, 1.54) is 12.0 Å². The number of aliphatic hydroxyl groups excluding tert-OH is 1. The number of hydrogen-bond donors (Lipinski definition) is 1. The molecule has 4 rings (SSSR count). The van der Waals surface area contributed by atoms with Crippen molar-refractivity contribution in [2.75, 3.05) is 38.8 Å². The van der Waals surface area contributed by atoms with Gasteiger partial charge in [-0.2, -0.15) is 0 Å². The number of hydrogen-bond acceptors (Lipinski definition) is 6. The van der Waals surface area contributed by atoms with Crippen molar-refractivity contribution in [1.29, 1.82) is 0 Å². The smallest absolute Gasteiger partial charge is 0.282 e. The monoisotopic (exact) mass is 422 g/mol. The van der Waals surface area contributed by atoms with E-state index in [0.717, 1.165) is 12.8 Å². The van der Waals surface area contributed by atoms with Gasteiger partial charge in [-0.1, -0.05) is 24.3 Å². The molecule has 2 aliphatic heterocycles. The van der Waals surface area contributed by atoms with Gasteiger partial charge in [-0.3, -0.25) is 9.59 Å². The number of imide groups is 1. The SMILES string of the molecule is COc1ccc(C2=C(N3CCCC(CO)C3)C(=O)N(c3ccccc3OC)C2=O)cc1. The van der Waals surface area contributed by atoms with Gasteiger partial charge < -0.3 is 19.5 Å². The van der Waals surface area contributed by atoms with Gasteiger partial charge >= 0.3 is 0 Å². The van der Waals surface area contributed by atoms with Crippen LogP contribution in [-0.4, -0.2) is 55.7 Å². The number of carbonyl (C=O) groups is 2. The van der Waals surface area contributed by atoms with Crippen LogP contribution in [0.3, 0.4) is 0 Å². The highest BCUT2D eigenvalue weighted by molar-refractivity contribution is 6.45. The summed E-state index contributed by atoms with van der Waals surface area (Å²) in [7, 11) is 3.09. The summed E-state index contributed by atoms with van der Waals surface area (Å²) < 4.78 is 10.7. The van der Waals surface area contributed by atoms with Crippen molar-refractivity contribution in [2.24, 2.45) is 5.92 Å². The van der Waals surface area contributed by atoms with Crippen molar-refractivity contribution >= 4 is 23.1 Å². The van der Waals surface area contributed by atoms with E-state index in [0.29, 0.717) is 47.1 Å². The van der Waals surface area contributed by atoms with E-state index >= 15 is 0 Å². The first-order chi connectivity index (χ1) is 15.1. The molecule has 31 heavy (non-hydrogen) atoms. The summed E-state index contributed by atoms with van der Waals surface area (Å²) in [6.07, 6.45) is 1.75.